The topological polar surface area (TPSA) is 51.2 Å². The number of amides is 1. The summed E-state index contributed by atoms with van der Waals surface area (Å²) in [5.74, 6) is 1.10. The summed E-state index contributed by atoms with van der Waals surface area (Å²) in [5.41, 5.74) is 0.966. The zero-order valence-corrected chi connectivity index (χ0v) is 20.5. The zero-order valence-electron chi connectivity index (χ0n) is 17.4. The zero-order chi connectivity index (χ0) is 19.9. The highest BCUT2D eigenvalue weighted by atomic mass is 127. The summed E-state index contributed by atoms with van der Waals surface area (Å²) in [7, 11) is 1.83. The quantitative estimate of drug-likeness (QED) is 0.333. The number of nitrogens with zero attached hydrogens (tertiary/aromatic N) is 4. The van der Waals surface area contributed by atoms with E-state index in [1.807, 2.05) is 36.2 Å². The van der Waals surface area contributed by atoms with Crippen LogP contribution in [-0.2, 0) is 11.2 Å². The van der Waals surface area contributed by atoms with Gasteiger partial charge in [0.05, 0.1) is 6.42 Å². The van der Waals surface area contributed by atoms with Crippen molar-refractivity contribution in [2.45, 2.75) is 32.2 Å². The molecule has 1 aromatic rings. The molecule has 1 aliphatic heterocycles. The second kappa shape index (κ2) is 12.0. The van der Waals surface area contributed by atoms with Crippen molar-refractivity contribution >= 4 is 47.4 Å². The molecule has 29 heavy (non-hydrogen) atoms. The van der Waals surface area contributed by atoms with Gasteiger partial charge in [-0.15, -0.1) is 24.0 Å². The number of guanidine groups is 1. The number of piperazine rings is 1. The van der Waals surface area contributed by atoms with Crippen LogP contribution in [0.5, 0.6) is 0 Å². The number of nitrogens with one attached hydrogen (secondary N) is 1. The highest BCUT2D eigenvalue weighted by Crippen LogP contribution is 2.25. The van der Waals surface area contributed by atoms with Crippen LogP contribution >= 0.6 is 35.6 Å². The smallest absolute Gasteiger partial charge is 0.227 e. The first-order valence-corrected chi connectivity index (χ1v) is 10.7. The van der Waals surface area contributed by atoms with Gasteiger partial charge in [0, 0.05) is 57.4 Å². The summed E-state index contributed by atoms with van der Waals surface area (Å²) in [6.45, 7) is 8.36. The molecule has 1 aromatic carbocycles. The first kappa shape index (κ1) is 24.2. The van der Waals surface area contributed by atoms with Gasteiger partial charge < -0.3 is 15.1 Å². The Morgan fingerprint density at radius 1 is 1.24 bits per heavy atom. The van der Waals surface area contributed by atoms with E-state index in [9.17, 15) is 4.79 Å². The van der Waals surface area contributed by atoms with Gasteiger partial charge >= 0.3 is 0 Å². The molecule has 162 valence electrons. The van der Waals surface area contributed by atoms with E-state index in [2.05, 4.69) is 27.0 Å². The number of carbonyl (C=O) groups is 1. The van der Waals surface area contributed by atoms with Gasteiger partial charge in [-0.1, -0.05) is 30.7 Å². The van der Waals surface area contributed by atoms with Crippen molar-refractivity contribution in [2.24, 2.45) is 4.99 Å². The lowest BCUT2D eigenvalue weighted by Crippen LogP contribution is -2.54. The Morgan fingerprint density at radius 3 is 2.52 bits per heavy atom. The fourth-order valence-corrected chi connectivity index (χ4v) is 4.00. The second-order valence-corrected chi connectivity index (χ2v) is 7.94. The van der Waals surface area contributed by atoms with Crippen LogP contribution in [0.3, 0.4) is 0 Å². The van der Waals surface area contributed by atoms with E-state index < -0.39 is 0 Å². The van der Waals surface area contributed by atoms with Crippen molar-refractivity contribution in [3.63, 3.8) is 0 Å². The molecule has 0 radical (unpaired) electrons. The number of benzene rings is 1. The van der Waals surface area contributed by atoms with Gasteiger partial charge in [-0.25, -0.2) is 0 Å². The van der Waals surface area contributed by atoms with Crippen LogP contribution in [0.2, 0.25) is 5.02 Å². The fourth-order valence-electron chi connectivity index (χ4n) is 3.78. The molecule has 1 saturated carbocycles. The Morgan fingerprint density at radius 2 is 1.93 bits per heavy atom. The predicted octanol–water partition coefficient (Wildman–Crippen LogP) is 2.70. The lowest BCUT2D eigenvalue weighted by molar-refractivity contribution is -0.131. The molecular formula is C21H33ClIN5O. The monoisotopic (exact) mass is 533 g/mol. The summed E-state index contributed by atoms with van der Waals surface area (Å²) in [4.78, 5) is 23.7. The molecule has 0 spiro atoms. The van der Waals surface area contributed by atoms with Crippen molar-refractivity contribution < 1.29 is 4.79 Å². The Hall–Kier alpha value is -1.06. The molecule has 1 saturated heterocycles. The van der Waals surface area contributed by atoms with Gasteiger partial charge in [0.25, 0.3) is 0 Å². The molecule has 0 bridgehead atoms. The molecule has 0 unspecified atom stereocenters. The minimum atomic E-state index is 0. The van der Waals surface area contributed by atoms with Gasteiger partial charge in [-0.05, 0) is 37.1 Å². The molecule has 1 aliphatic carbocycles. The molecule has 2 aliphatic rings. The average molecular weight is 534 g/mol. The van der Waals surface area contributed by atoms with E-state index in [4.69, 9.17) is 11.6 Å². The van der Waals surface area contributed by atoms with Gasteiger partial charge in [-0.3, -0.25) is 14.7 Å². The SMILES string of the molecule is CCN(CCNC(=NC)N1CCN(C(=O)Cc2cccc(Cl)c2)CC1)C1CC1.I. The van der Waals surface area contributed by atoms with E-state index in [1.54, 1.807) is 0 Å². The van der Waals surface area contributed by atoms with Crippen LogP contribution in [-0.4, -0.2) is 85.5 Å². The van der Waals surface area contributed by atoms with Crippen LogP contribution in [0.4, 0.5) is 0 Å². The van der Waals surface area contributed by atoms with Crippen molar-refractivity contribution in [3.8, 4) is 0 Å². The maximum absolute atomic E-state index is 12.6. The van der Waals surface area contributed by atoms with Gasteiger partial charge in [0.15, 0.2) is 5.96 Å². The molecule has 1 N–H and O–H groups in total. The van der Waals surface area contributed by atoms with Crippen LogP contribution in [0.1, 0.15) is 25.3 Å². The van der Waals surface area contributed by atoms with E-state index in [-0.39, 0.29) is 29.9 Å². The fraction of sp³-hybridized carbons (Fsp3) is 0.619. The molecule has 0 atom stereocenters. The van der Waals surface area contributed by atoms with Crippen LogP contribution in [0.25, 0.3) is 0 Å². The maximum Gasteiger partial charge on any atom is 0.227 e. The molecule has 0 aromatic heterocycles. The predicted molar refractivity (Wildman–Crippen MR) is 130 cm³/mol. The Kier molecular flexibility index (Phi) is 9.98. The number of hydrogen-bond acceptors (Lipinski definition) is 3. The molecule has 1 heterocycles. The number of rotatable bonds is 7. The number of hydrogen-bond donors (Lipinski definition) is 1. The van der Waals surface area contributed by atoms with Crippen molar-refractivity contribution in [2.75, 3.05) is 52.9 Å². The third kappa shape index (κ3) is 7.29. The van der Waals surface area contributed by atoms with Crippen LogP contribution in [0.15, 0.2) is 29.3 Å². The van der Waals surface area contributed by atoms with Crippen LogP contribution < -0.4 is 5.32 Å². The van der Waals surface area contributed by atoms with Gasteiger partial charge in [0.2, 0.25) is 5.91 Å². The first-order chi connectivity index (χ1) is 13.6. The summed E-state index contributed by atoms with van der Waals surface area (Å²) >= 11 is 6.02. The minimum absolute atomic E-state index is 0. The lowest BCUT2D eigenvalue weighted by Gasteiger charge is -2.36. The molecular weight excluding hydrogens is 501 g/mol. The molecule has 1 amide bonds. The highest BCUT2D eigenvalue weighted by Gasteiger charge is 2.27. The summed E-state index contributed by atoms with van der Waals surface area (Å²) in [5, 5.41) is 4.17. The third-order valence-corrected chi connectivity index (χ3v) is 5.77. The summed E-state index contributed by atoms with van der Waals surface area (Å²) in [6, 6.07) is 8.33. The number of halogens is 2. The molecule has 8 heteroatoms. The Balaban J connectivity index is 0.00000300. The van der Waals surface area contributed by atoms with Crippen molar-refractivity contribution in [1.82, 2.24) is 20.0 Å². The summed E-state index contributed by atoms with van der Waals surface area (Å²) < 4.78 is 0. The number of likely N-dealkylation sites (N-methyl/N-ethyl adjacent to an activating group) is 1. The van der Waals surface area contributed by atoms with E-state index in [0.29, 0.717) is 11.4 Å². The normalized spacial score (nSPS) is 17.3. The summed E-state index contributed by atoms with van der Waals surface area (Å²) in [6.07, 6.45) is 3.09. The highest BCUT2D eigenvalue weighted by molar-refractivity contribution is 14.0. The lowest BCUT2D eigenvalue weighted by atomic mass is 10.1. The van der Waals surface area contributed by atoms with Crippen LogP contribution in [0, 0.1) is 0 Å². The number of carbonyl (C=O) groups excluding carboxylic acids is 1. The minimum Gasteiger partial charge on any atom is -0.355 e. The van der Waals surface area contributed by atoms with E-state index >= 15 is 0 Å². The maximum atomic E-state index is 12.6. The molecule has 3 rings (SSSR count). The number of aliphatic imine (C=N–C) groups is 1. The van der Waals surface area contributed by atoms with E-state index in [0.717, 1.165) is 63.4 Å². The van der Waals surface area contributed by atoms with Crippen molar-refractivity contribution in [1.29, 1.82) is 0 Å². The van der Waals surface area contributed by atoms with Crippen molar-refractivity contribution in [3.05, 3.63) is 34.9 Å². The first-order valence-electron chi connectivity index (χ1n) is 10.3. The van der Waals surface area contributed by atoms with Gasteiger partial charge in [0.1, 0.15) is 0 Å². The van der Waals surface area contributed by atoms with Gasteiger partial charge in [-0.2, -0.15) is 0 Å². The standard InChI is InChI=1S/C21H32ClN5O.HI/c1-3-25(19-7-8-19)10-9-24-21(23-2)27-13-11-26(12-14-27)20(28)16-17-5-4-6-18(22)15-17;/h4-6,15,19H,3,7-14,16H2,1-2H3,(H,23,24);1H. The molecule has 6 nitrogen and oxygen atoms in total. The van der Waals surface area contributed by atoms with E-state index in [1.165, 1.54) is 12.8 Å². The third-order valence-electron chi connectivity index (χ3n) is 5.54. The second-order valence-electron chi connectivity index (χ2n) is 7.51. The average Bonchev–Trinajstić information content (AvgIpc) is 3.54. The Labute approximate surface area is 196 Å². The molecule has 2 fully saturated rings. The Bertz CT molecular complexity index is 689. The largest absolute Gasteiger partial charge is 0.355 e.